The molecule has 5 nitrogen and oxygen atoms in total. The van der Waals surface area contributed by atoms with E-state index in [0.29, 0.717) is 5.92 Å². The van der Waals surface area contributed by atoms with Gasteiger partial charge in [0.25, 0.3) is 0 Å². The Morgan fingerprint density at radius 1 is 1.29 bits per heavy atom. The first kappa shape index (κ1) is 15.5. The largest absolute Gasteiger partial charge is 0.351 e. The van der Waals surface area contributed by atoms with E-state index in [2.05, 4.69) is 34.5 Å². The van der Waals surface area contributed by atoms with Crippen molar-refractivity contribution in [2.24, 2.45) is 11.7 Å². The molecule has 0 bridgehead atoms. The molecule has 1 atom stereocenters. The summed E-state index contributed by atoms with van der Waals surface area (Å²) < 4.78 is 0. The zero-order valence-corrected chi connectivity index (χ0v) is 12.4. The van der Waals surface area contributed by atoms with Gasteiger partial charge < -0.3 is 5.73 Å². The molecule has 1 aromatic rings. The van der Waals surface area contributed by atoms with E-state index in [4.69, 9.17) is 5.73 Å². The number of piperidine rings is 1. The lowest BCUT2D eigenvalue weighted by Gasteiger charge is -2.35. The van der Waals surface area contributed by atoms with Gasteiger partial charge in [-0.1, -0.05) is 30.3 Å². The topological polar surface area (TPSA) is 75.4 Å². The number of hydrogen-bond donors (Lipinski definition) is 2. The van der Waals surface area contributed by atoms with Crippen LogP contribution in [0.3, 0.4) is 0 Å². The van der Waals surface area contributed by atoms with Crippen LogP contribution in [0.1, 0.15) is 25.3 Å². The van der Waals surface area contributed by atoms with Gasteiger partial charge in [0.2, 0.25) is 5.91 Å². The highest BCUT2D eigenvalue weighted by Crippen LogP contribution is 2.22. The van der Waals surface area contributed by atoms with Crippen LogP contribution in [0.25, 0.3) is 0 Å². The number of nitrogens with two attached hydrogens (primary N) is 1. The fraction of sp³-hybridized carbons (Fsp3) is 0.500. The van der Waals surface area contributed by atoms with E-state index in [0.717, 1.165) is 32.4 Å². The van der Waals surface area contributed by atoms with Crippen molar-refractivity contribution in [3.05, 3.63) is 35.9 Å². The summed E-state index contributed by atoms with van der Waals surface area (Å²) in [5.74, 6) is 0.346. The molecule has 1 aromatic carbocycles. The molecule has 1 aliphatic rings. The third-order valence-electron chi connectivity index (χ3n) is 4.19. The molecule has 3 N–H and O–H groups in total. The van der Waals surface area contributed by atoms with Gasteiger partial charge in [-0.3, -0.25) is 15.0 Å². The quantitative estimate of drug-likeness (QED) is 0.882. The lowest BCUT2D eigenvalue weighted by atomic mass is 9.89. The number of amides is 3. The first-order valence-corrected chi connectivity index (χ1v) is 7.44. The van der Waals surface area contributed by atoms with Crippen LogP contribution in [-0.4, -0.2) is 36.0 Å². The molecule has 0 radical (unpaired) electrons. The van der Waals surface area contributed by atoms with E-state index in [1.807, 2.05) is 13.0 Å². The second-order valence-corrected chi connectivity index (χ2v) is 5.70. The maximum absolute atomic E-state index is 11.8. The number of rotatable bonds is 4. The van der Waals surface area contributed by atoms with Crippen molar-refractivity contribution in [3.63, 3.8) is 0 Å². The Balaban J connectivity index is 1.80. The minimum atomic E-state index is -0.786. The summed E-state index contributed by atoms with van der Waals surface area (Å²) in [6, 6.07) is 9.40. The predicted molar refractivity (Wildman–Crippen MR) is 81.6 cm³/mol. The van der Waals surface area contributed by atoms with Gasteiger partial charge in [-0.05, 0) is 50.8 Å². The number of urea groups is 1. The van der Waals surface area contributed by atoms with Gasteiger partial charge in [-0.25, -0.2) is 4.79 Å². The monoisotopic (exact) mass is 289 g/mol. The second kappa shape index (κ2) is 7.22. The summed E-state index contributed by atoms with van der Waals surface area (Å²) in [6.45, 7) is 3.57. The van der Waals surface area contributed by atoms with E-state index >= 15 is 0 Å². The smallest absolute Gasteiger partial charge is 0.318 e. The zero-order valence-electron chi connectivity index (χ0n) is 12.4. The van der Waals surface area contributed by atoms with Crippen molar-refractivity contribution in [1.29, 1.82) is 0 Å². The Morgan fingerprint density at radius 2 is 1.90 bits per heavy atom. The molecule has 0 unspecified atom stereocenters. The summed E-state index contributed by atoms with van der Waals surface area (Å²) >= 11 is 0. The minimum absolute atomic E-state index is 0.310. The van der Waals surface area contributed by atoms with Gasteiger partial charge in [0.15, 0.2) is 0 Å². The fourth-order valence-electron chi connectivity index (χ4n) is 2.88. The number of carbonyl (C=O) groups is 2. The van der Waals surface area contributed by atoms with Crippen LogP contribution in [0.2, 0.25) is 0 Å². The molecular weight excluding hydrogens is 266 g/mol. The van der Waals surface area contributed by atoms with Crippen molar-refractivity contribution in [2.45, 2.75) is 32.2 Å². The molecule has 114 valence electrons. The average molecular weight is 289 g/mol. The molecule has 5 heteroatoms. The number of likely N-dealkylation sites (tertiary alicyclic amines) is 1. The molecule has 21 heavy (non-hydrogen) atoms. The van der Waals surface area contributed by atoms with E-state index in [1.165, 1.54) is 5.56 Å². The summed E-state index contributed by atoms with van der Waals surface area (Å²) in [6.07, 6.45) is 3.24. The summed E-state index contributed by atoms with van der Waals surface area (Å²) in [5.41, 5.74) is 6.35. The lowest BCUT2D eigenvalue weighted by Crippen LogP contribution is -2.50. The highest BCUT2D eigenvalue weighted by Gasteiger charge is 2.27. The molecule has 1 fully saturated rings. The van der Waals surface area contributed by atoms with Gasteiger partial charge in [0.05, 0.1) is 6.04 Å². The van der Waals surface area contributed by atoms with Crippen molar-refractivity contribution in [1.82, 2.24) is 10.2 Å². The Kier molecular flexibility index (Phi) is 5.33. The number of carbonyl (C=O) groups excluding carboxylic acids is 2. The summed E-state index contributed by atoms with van der Waals surface area (Å²) in [4.78, 5) is 24.6. The molecule has 0 aliphatic carbocycles. The van der Waals surface area contributed by atoms with Gasteiger partial charge in [0, 0.05) is 0 Å². The Bertz CT molecular complexity index is 482. The van der Waals surface area contributed by atoms with Gasteiger partial charge >= 0.3 is 6.03 Å². The van der Waals surface area contributed by atoms with Crippen molar-refractivity contribution in [3.8, 4) is 0 Å². The van der Waals surface area contributed by atoms with Crippen molar-refractivity contribution in [2.75, 3.05) is 13.1 Å². The van der Waals surface area contributed by atoms with E-state index in [9.17, 15) is 9.59 Å². The third-order valence-corrected chi connectivity index (χ3v) is 4.19. The maximum Gasteiger partial charge on any atom is 0.318 e. The Hall–Kier alpha value is -1.88. The molecule has 1 aliphatic heterocycles. The van der Waals surface area contributed by atoms with Gasteiger partial charge in [0.1, 0.15) is 0 Å². The summed E-state index contributed by atoms with van der Waals surface area (Å²) in [5, 5.41) is 2.15. The first-order chi connectivity index (χ1) is 10.1. The number of hydrogen-bond acceptors (Lipinski definition) is 3. The molecule has 2 rings (SSSR count). The van der Waals surface area contributed by atoms with E-state index in [1.54, 1.807) is 0 Å². The Morgan fingerprint density at radius 3 is 2.48 bits per heavy atom. The number of benzene rings is 1. The summed E-state index contributed by atoms with van der Waals surface area (Å²) in [7, 11) is 0. The standard InChI is InChI=1S/C16H23N3O2/c1-12(15(20)18-16(17)21)19-9-7-14(8-10-19)11-13-5-3-2-4-6-13/h2-6,12,14H,7-11H2,1H3,(H3,17,18,20,21)/t12-/m1/s1. The molecular formula is C16H23N3O2. The maximum atomic E-state index is 11.8. The fourth-order valence-corrected chi connectivity index (χ4v) is 2.88. The van der Waals surface area contributed by atoms with Crippen molar-refractivity contribution < 1.29 is 9.59 Å². The molecule has 3 amide bonds. The van der Waals surface area contributed by atoms with Gasteiger partial charge in [-0.15, -0.1) is 0 Å². The van der Waals surface area contributed by atoms with Crippen LogP contribution in [0.15, 0.2) is 30.3 Å². The van der Waals surface area contributed by atoms with Crippen LogP contribution in [0.5, 0.6) is 0 Å². The number of primary amides is 1. The highest BCUT2D eigenvalue weighted by molar-refractivity contribution is 5.96. The number of imide groups is 1. The first-order valence-electron chi connectivity index (χ1n) is 7.44. The van der Waals surface area contributed by atoms with E-state index < -0.39 is 6.03 Å². The van der Waals surface area contributed by atoms with Crippen LogP contribution >= 0.6 is 0 Å². The highest BCUT2D eigenvalue weighted by atomic mass is 16.2. The zero-order chi connectivity index (χ0) is 15.2. The van der Waals surface area contributed by atoms with E-state index in [-0.39, 0.29) is 11.9 Å². The van der Waals surface area contributed by atoms with Crippen LogP contribution in [-0.2, 0) is 11.2 Å². The minimum Gasteiger partial charge on any atom is -0.351 e. The van der Waals surface area contributed by atoms with Crippen LogP contribution < -0.4 is 11.1 Å². The third kappa shape index (κ3) is 4.56. The molecule has 0 spiro atoms. The van der Waals surface area contributed by atoms with Crippen molar-refractivity contribution >= 4 is 11.9 Å². The lowest BCUT2D eigenvalue weighted by molar-refractivity contribution is -0.125. The van der Waals surface area contributed by atoms with Crippen LogP contribution in [0.4, 0.5) is 4.79 Å². The average Bonchev–Trinajstić information content (AvgIpc) is 2.47. The second-order valence-electron chi connectivity index (χ2n) is 5.70. The molecule has 1 heterocycles. The SMILES string of the molecule is C[C@H](C(=O)NC(N)=O)N1CCC(Cc2ccccc2)CC1. The Labute approximate surface area is 125 Å². The normalized spacial score (nSPS) is 18.1. The van der Waals surface area contributed by atoms with Gasteiger partial charge in [-0.2, -0.15) is 0 Å². The molecule has 1 saturated heterocycles. The van der Waals surface area contributed by atoms with Crippen LogP contribution in [0, 0.1) is 5.92 Å². The molecule has 0 saturated carbocycles. The molecule has 0 aromatic heterocycles. The number of nitrogens with zero attached hydrogens (tertiary/aromatic N) is 1. The predicted octanol–water partition coefficient (Wildman–Crippen LogP) is 1.52. The number of nitrogens with one attached hydrogen (secondary N) is 1.